The van der Waals surface area contributed by atoms with Gasteiger partial charge in [-0.15, -0.1) is 0 Å². The van der Waals surface area contributed by atoms with Gasteiger partial charge in [-0.1, -0.05) is 42.5 Å². The van der Waals surface area contributed by atoms with Crippen molar-refractivity contribution in [3.63, 3.8) is 0 Å². The van der Waals surface area contributed by atoms with Gasteiger partial charge in [0.1, 0.15) is 5.52 Å². The van der Waals surface area contributed by atoms with Gasteiger partial charge in [0.05, 0.1) is 11.4 Å². The molecule has 0 spiro atoms. The van der Waals surface area contributed by atoms with E-state index in [2.05, 4.69) is 22.4 Å². The largest absolute Gasteiger partial charge is 0.436 e. The van der Waals surface area contributed by atoms with Crippen LogP contribution >= 0.6 is 0 Å². The molecule has 0 unspecified atom stereocenters. The second-order valence-electron chi connectivity index (χ2n) is 5.63. The molecule has 0 radical (unpaired) electrons. The summed E-state index contributed by atoms with van der Waals surface area (Å²) < 4.78 is 5.79. The van der Waals surface area contributed by atoms with Crippen molar-refractivity contribution in [1.29, 1.82) is 0 Å². The van der Waals surface area contributed by atoms with Gasteiger partial charge >= 0.3 is 0 Å². The number of rotatable bonds is 4. The number of aromatic nitrogens is 1. The number of nitrogens with one attached hydrogen (secondary N) is 1. The molecule has 3 aromatic carbocycles. The number of anilines is 2. The average Bonchev–Trinajstić information content (AvgIpc) is 3.06. The van der Waals surface area contributed by atoms with Crippen molar-refractivity contribution < 1.29 is 4.42 Å². The van der Waals surface area contributed by atoms with Crippen LogP contribution in [-0.2, 0) is 6.54 Å². The molecule has 0 aliphatic rings. The first-order valence-electron chi connectivity index (χ1n) is 7.83. The standard InChI is InChI=1S/C20H17N3O/c21-16-12-15(20-23-18-8-4-5-9-19(18)24-20)10-11-17(16)22-13-14-6-2-1-3-7-14/h1-12,22H,13,21H2. The van der Waals surface area contributed by atoms with E-state index in [4.69, 9.17) is 10.2 Å². The minimum absolute atomic E-state index is 0.581. The Morgan fingerprint density at radius 3 is 2.50 bits per heavy atom. The molecule has 4 rings (SSSR count). The normalized spacial score (nSPS) is 10.8. The van der Waals surface area contributed by atoms with Gasteiger partial charge in [0.15, 0.2) is 5.58 Å². The highest BCUT2D eigenvalue weighted by Gasteiger charge is 2.09. The predicted molar refractivity (Wildman–Crippen MR) is 97.6 cm³/mol. The number of nitrogens with two attached hydrogens (primary N) is 1. The molecule has 24 heavy (non-hydrogen) atoms. The molecule has 1 aromatic heterocycles. The van der Waals surface area contributed by atoms with E-state index < -0.39 is 0 Å². The summed E-state index contributed by atoms with van der Waals surface area (Å²) >= 11 is 0. The number of nitrogens with zero attached hydrogens (tertiary/aromatic N) is 1. The monoisotopic (exact) mass is 315 g/mol. The van der Waals surface area contributed by atoms with Crippen LogP contribution in [0.5, 0.6) is 0 Å². The Morgan fingerprint density at radius 1 is 0.917 bits per heavy atom. The van der Waals surface area contributed by atoms with Crippen molar-refractivity contribution in [2.45, 2.75) is 6.54 Å². The Labute approximate surface area is 139 Å². The summed E-state index contributed by atoms with van der Waals surface area (Å²) in [7, 11) is 0. The molecule has 118 valence electrons. The summed E-state index contributed by atoms with van der Waals surface area (Å²) in [6.07, 6.45) is 0. The molecule has 4 nitrogen and oxygen atoms in total. The maximum absolute atomic E-state index is 6.19. The number of para-hydroxylation sites is 2. The maximum atomic E-state index is 6.19. The number of hydrogen-bond acceptors (Lipinski definition) is 4. The maximum Gasteiger partial charge on any atom is 0.227 e. The minimum Gasteiger partial charge on any atom is -0.436 e. The third-order valence-corrected chi connectivity index (χ3v) is 3.92. The van der Waals surface area contributed by atoms with Crippen molar-refractivity contribution in [1.82, 2.24) is 4.98 Å². The summed E-state index contributed by atoms with van der Waals surface area (Å²) in [6, 6.07) is 23.7. The van der Waals surface area contributed by atoms with Gasteiger partial charge in [0.25, 0.3) is 0 Å². The third-order valence-electron chi connectivity index (χ3n) is 3.92. The van der Waals surface area contributed by atoms with Crippen LogP contribution in [0.25, 0.3) is 22.6 Å². The number of nitrogen functional groups attached to an aromatic ring is 1. The molecular weight excluding hydrogens is 298 g/mol. The van der Waals surface area contributed by atoms with Crippen molar-refractivity contribution in [3.05, 3.63) is 78.4 Å². The Hall–Kier alpha value is -3.27. The van der Waals surface area contributed by atoms with Crippen LogP contribution in [0.1, 0.15) is 5.56 Å². The third kappa shape index (κ3) is 2.82. The van der Waals surface area contributed by atoms with Gasteiger partial charge in [-0.05, 0) is 35.9 Å². The zero-order chi connectivity index (χ0) is 16.4. The Bertz CT molecular complexity index is 944. The van der Waals surface area contributed by atoms with Crippen molar-refractivity contribution >= 4 is 22.5 Å². The molecule has 0 bridgehead atoms. The molecule has 0 saturated heterocycles. The van der Waals surface area contributed by atoms with Gasteiger partial charge in [0.2, 0.25) is 5.89 Å². The SMILES string of the molecule is Nc1cc(-c2nc3ccccc3o2)ccc1NCc1ccccc1. The van der Waals surface area contributed by atoms with Gasteiger partial charge in [-0.3, -0.25) is 0 Å². The van der Waals surface area contributed by atoms with Crippen LogP contribution < -0.4 is 11.1 Å². The molecule has 0 aliphatic carbocycles. The van der Waals surface area contributed by atoms with Crippen molar-refractivity contribution in [2.24, 2.45) is 0 Å². The zero-order valence-electron chi connectivity index (χ0n) is 13.1. The van der Waals surface area contributed by atoms with Crippen molar-refractivity contribution in [3.8, 4) is 11.5 Å². The summed E-state index contributed by atoms with van der Waals surface area (Å²) in [6.45, 7) is 0.729. The highest BCUT2D eigenvalue weighted by atomic mass is 16.3. The number of hydrogen-bond donors (Lipinski definition) is 2. The lowest BCUT2D eigenvalue weighted by atomic mass is 10.1. The van der Waals surface area contributed by atoms with E-state index in [0.717, 1.165) is 28.9 Å². The van der Waals surface area contributed by atoms with E-state index in [1.165, 1.54) is 5.56 Å². The molecule has 3 N–H and O–H groups in total. The Morgan fingerprint density at radius 2 is 1.71 bits per heavy atom. The fourth-order valence-electron chi connectivity index (χ4n) is 2.65. The molecule has 0 saturated carbocycles. The highest BCUT2D eigenvalue weighted by Crippen LogP contribution is 2.29. The Kier molecular flexibility index (Phi) is 3.63. The van der Waals surface area contributed by atoms with E-state index >= 15 is 0 Å². The van der Waals surface area contributed by atoms with Gasteiger partial charge in [-0.2, -0.15) is 0 Å². The van der Waals surface area contributed by atoms with Gasteiger partial charge in [0, 0.05) is 12.1 Å². The smallest absolute Gasteiger partial charge is 0.227 e. The second-order valence-corrected chi connectivity index (χ2v) is 5.63. The van der Waals surface area contributed by atoms with E-state index in [1.54, 1.807) is 0 Å². The topological polar surface area (TPSA) is 64.1 Å². The molecule has 4 aromatic rings. The molecule has 0 atom stereocenters. The molecule has 0 fully saturated rings. The Balaban J connectivity index is 1.57. The van der Waals surface area contributed by atoms with Crippen LogP contribution in [0.4, 0.5) is 11.4 Å². The first-order chi connectivity index (χ1) is 11.8. The van der Waals surface area contributed by atoms with E-state index in [-0.39, 0.29) is 0 Å². The molecule has 0 amide bonds. The number of oxazole rings is 1. The van der Waals surface area contributed by atoms with Gasteiger partial charge < -0.3 is 15.5 Å². The number of fused-ring (bicyclic) bond motifs is 1. The van der Waals surface area contributed by atoms with Crippen LogP contribution in [0.15, 0.2) is 77.2 Å². The number of benzene rings is 3. The summed E-state index contributed by atoms with van der Waals surface area (Å²) in [5.41, 5.74) is 11.5. The first-order valence-corrected chi connectivity index (χ1v) is 7.83. The fraction of sp³-hybridized carbons (Fsp3) is 0.0500. The zero-order valence-corrected chi connectivity index (χ0v) is 13.1. The first kappa shape index (κ1) is 14.3. The van der Waals surface area contributed by atoms with E-state index in [1.807, 2.05) is 60.7 Å². The molecule has 4 heteroatoms. The summed E-state index contributed by atoms with van der Waals surface area (Å²) in [5, 5.41) is 3.36. The summed E-state index contributed by atoms with van der Waals surface area (Å²) in [4.78, 5) is 4.50. The lowest BCUT2D eigenvalue weighted by molar-refractivity contribution is 0.620. The lowest BCUT2D eigenvalue weighted by Crippen LogP contribution is -2.02. The van der Waals surface area contributed by atoms with E-state index in [9.17, 15) is 0 Å². The summed E-state index contributed by atoms with van der Waals surface area (Å²) in [5.74, 6) is 0.581. The average molecular weight is 315 g/mol. The highest BCUT2D eigenvalue weighted by molar-refractivity contribution is 5.78. The van der Waals surface area contributed by atoms with Crippen LogP contribution in [0, 0.1) is 0 Å². The lowest BCUT2D eigenvalue weighted by Gasteiger charge is -2.10. The molecular formula is C20H17N3O. The fourth-order valence-corrected chi connectivity index (χ4v) is 2.65. The second kappa shape index (κ2) is 6.08. The molecule has 0 aliphatic heterocycles. The van der Waals surface area contributed by atoms with Crippen LogP contribution in [0.2, 0.25) is 0 Å². The van der Waals surface area contributed by atoms with Crippen LogP contribution in [0.3, 0.4) is 0 Å². The predicted octanol–water partition coefficient (Wildman–Crippen LogP) is 4.69. The molecule has 1 heterocycles. The van der Waals surface area contributed by atoms with E-state index in [0.29, 0.717) is 11.6 Å². The minimum atomic E-state index is 0.581. The van der Waals surface area contributed by atoms with Crippen LogP contribution in [-0.4, -0.2) is 4.98 Å². The van der Waals surface area contributed by atoms with Crippen molar-refractivity contribution in [2.75, 3.05) is 11.1 Å². The van der Waals surface area contributed by atoms with Gasteiger partial charge in [-0.25, -0.2) is 4.98 Å². The quantitative estimate of drug-likeness (QED) is 0.536.